The Morgan fingerprint density at radius 2 is 2.00 bits per heavy atom. The van der Waals surface area contributed by atoms with Crippen molar-refractivity contribution >= 4 is 0 Å². The van der Waals surface area contributed by atoms with Gasteiger partial charge in [-0.15, -0.1) is 0 Å². The van der Waals surface area contributed by atoms with Crippen LogP contribution in [0.4, 0.5) is 0 Å². The van der Waals surface area contributed by atoms with Crippen molar-refractivity contribution in [2.75, 3.05) is 7.05 Å². The van der Waals surface area contributed by atoms with Crippen molar-refractivity contribution in [3.05, 3.63) is 41.6 Å². The van der Waals surface area contributed by atoms with Crippen molar-refractivity contribution < 1.29 is 0 Å². The molecule has 0 saturated heterocycles. The maximum atomic E-state index is 4.49. The Labute approximate surface area is 109 Å². The largest absolute Gasteiger partial charge is 0.314 e. The normalized spacial score (nSPS) is 10.8. The molecule has 0 unspecified atom stereocenters. The monoisotopic (exact) mass is 243 g/mol. The van der Waals surface area contributed by atoms with Crippen LogP contribution in [0.5, 0.6) is 0 Å². The molecule has 2 rings (SSSR count). The third-order valence-corrected chi connectivity index (χ3v) is 3.13. The highest BCUT2D eigenvalue weighted by molar-refractivity contribution is 5.63. The summed E-state index contributed by atoms with van der Waals surface area (Å²) in [5, 5.41) is 10.9. The van der Waals surface area contributed by atoms with Crippen molar-refractivity contribution in [1.29, 1.82) is 0 Å². The molecule has 0 saturated carbocycles. The fraction of sp³-hybridized carbons (Fsp3) is 0.400. The maximum Gasteiger partial charge on any atom is 0.0955 e. The van der Waals surface area contributed by atoms with Crippen molar-refractivity contribution in [1.82, 2.24) is 15.5 Å². The predicted octanol–water partition coefficient (Wildman–Crippen LogP) is 3.14. The van der Waals surface area contributed by atoms with Gasteiger partial charge in [-0.05, 0) is 19.9 Å². The van der Waals surface area contributed by atoms with Gasteiger partial charge in [0.1, 0.15) is 0 Å². The minimum absolute atomic E-state index is 0.846. The van der Waals surface area contributed by atoms with Crippen LogP contribution in [0.3, 0.4) is 0 Å². The van der Waals surface area contributed by atoms with Gasteiger partial charge in [-0.2, -0.15) is 5.10 Å². The molecule has 1 heterocycles. The SMILES string of the molecule is CCCCc1c(-c2ccccc2)n[nH]c1CNC. The number of nitrogens with one attached hydrogen (secondary N) is 2. The zero-order valence-corrected chi connectivity index (χ0v) is 11.2. The second kappa shape index (κ2) is 6.36. The first-order valence-corrected chi connectivity index (χ1v) is 6.63. The van der Waals surface area contributed by atoms with Gasteiger partial charge in [-0.25, -0.2) is 0 Å². The van der Waals surface area contributed by atoms with E-state index in [9.17, 15) is 0 Å². The molecular weight excluding hydrogens is 222 g/mol. The Bertz CT molecular complexity index is 474. The third-order valence-electron chi connectivity index (χ3n) is 3.13. The van der Waals surface area contributed by atoms with Crippen LogP contribution in [0.15, 0.2) is 30.3 Å². The molecule has 1 aromatic heterocycles. The van der Waals surface area contributed by atoms with Crippen LogP contribution in [0.2, 0.25) is 0 Å². The van der Waals surface area contributed by atoms with E-state index in [-0.39, 0.29) is 0 Å². The Morgan fingerprint density at radius 3 is 2.67 bits per heavy atom. The average Bonchev–Trinajstić information content (AvgIpc) is 2.81. The lowest BCUT2D eigenvalue weighted by Crippen LogP contribution is -2.07. The van der Waals surface area contributed by atoms with E-state index in [0.717, 1.165) is 18.7 Å². The van der Waals surface area contributed by atoms with Crippen molar-refractivity contribution in [3.8, 4) is 11.3 Å². The van der Waals surface area contributed by atoms with E-state index in [0.29, 0.717) is 0 Å². The van der Waals surface area contributed by atoms with Crippen LogP contribution in [0.1, 0.15) is 31.0 Å². The number of rotatable bonds is 6. The van der Waals surface area contributed by atoms with Gasteiger partial charge in [0.15, 0.2) is 0 Å². The molecular formula is C15H21N3. The Hall–Kier alpha value is -1.61. The molecule has 0 fully saturated rings. The highest BCUT2D eigenvalue weighted by Crippen LogP contribution is 2.25. The van der Waals surface area contributed by atoms with Crippen molar-refractivity contribution in [2.24, 2.45) is 0 Å². The molecule has 0 bridgehead atoms. The number of unbranched alkanes of at least 4 members (excludes halogenated alkanes) is 1. The summed E-state index contributed by atoms with van der Waals surface area (Å²) >= 11 is 0. The van der Waals surface area contributed by atoms with Crippen LogP contribution >= 0.6 is 0 Å². The van der Waals surface area contributed by atoms with E-state index < -0.39 is 0 Å². The van der Waals surface area contributed by atoms with E-state index in [1.54, 1.807) is 0 Å². The smallest absolute Gasteiger partial charge is 0.0955 e. The zero-order chi connectivity index (χ0) is 12.8. The third kappa shape index (κ3) is 2.79. The van der Waals surface area contributed by atoms with Gasteiger partial charge in [-0.1, -0.05) is 43.7 Å². The second-order valence-corrected chi connectivity index (χ2v) is 4.53. The number of nitrogens with zero attached hydrogens (tertiary/aromatic N) is 1. The molecule has 18 heavy (non-hydrogen) atoms. The fourth-order valence-electron chi connectivity index (χ4n) is 2.18. The minimum Gasteiger partial charge on any atom is -0.314 e. The van der Waals surface area contributed by atoms with Crippen molar-refractivity contribution in [3.63, 3.8) is 0 Å². The number of hydrogen-bond acceptors (Lipinski definition) is 2. The zero-order valence-electron chi connectivity index (χ0n) is 11.2. The summed E-state index contributed by atoms with van der Waals surface area (Å²) in [5.74, 6) is 0. The van der Waals surface area contributed by atoms with Crippen LogP contribution in [-0.2, 0) is 13.0 Å². The molecule has 0 radical (unpaired) electrons. The summed E-state index contributed by atoms with van der Waals surface area (Å²) in [6.07, 6.45) is 3.50. The lowest BCUT2D eigenvalue weighted by Gasteiger charge is -2.05. The van der Waals surface area contributed by atoms with Crippen LogP contribution in [0, 0.1) is 0 Å². The van der Waals surface area contributed by atoms with E-state index in [1.165, 1.54) is 29.7 Å². The van der Waals surface area contributed by atoms with Gasteiger partial charge in [0, 0.05) is 17.7 Å². The average molecular weight is 243 g/mol. The molecule has 0 atom stereocenters. The Balaban J connectivity index is 2.34. The second-order valence-electron chi connectivity index (χ2n) is 4.53. The summed E-state index contributed by atoms with van der Waals surface area (Å²) in [7, 11) is 1.96. The molecule has 0 amide bonds. The summed E-state index contributed by atoms with van der Waals surface area (Å²) in [5.41, 5.74) is 4.87. The highest BCUT2D eigenvalue weighted by Gasteiger charge is 2.13. The maximum absolute atomic E-state index is 4.49. The fourth-order valence-corrected chi connectivity index (χ4v) is 2.18. The van der Waals surface area contributed by atoms with Gasteiger partial charge in [-0.3, -0.25) is 5.10 Å². The van der Waals surface area contributed by atoms with E-state index in [4.69, 9.17) is 0 Å². The van der Waals surface area contributed by atoms with E-state index in [2.05, 4.69) is 46.7 Å². The van der Waals surface area contributed by atoms with Crippen LogP contribution < -0.4 is 5.32 Å². The standard InChI is InChI=1S/C15H21N3/c1-3-4-10-13-14(11-16-2)17-18-15(13)12-8-6-5-7-9-12/h5-9,16H,3-4,10-11H2,1-2H3,(H,17,18). The lowest BCUT2D eigenvalue weighted by molar-refractivity contribution is 0.749. The van der Waals surface area contributed by atoms with Gasteiger partial charge >= 0.3 is 0 Å². The first kappa shape index (κ1) is 12.8. The molecule has 2 aromatic rings. The summed E-state index contributed by atoms with van der Waals surface area (Å²) < 4.78 is 0. The minimum atomic E-state index is 0.846. The Morgan fingerprint density at radius 1 is 1.22 bits per heavy atom. The molecule has 0 spiro atoms. The summed E-state index contributed by atoms with van der Waals surface area (Å²) in [4.78, 5) is 0. The molecule has 1 aromatic carbocycles. The topological polar surface area (TPSA) is 40.7 Å². The number of aromatic nitrogens is 2. The summed E-state index contributed by atoms with van der Waals surface area (Å²) in [6.45, 7) is 3.07. The van der Waals surface area contributed by atoms with Gasteiger partial charge in [0.2, 0.25) is 0 Å². The van der Waals surface area contributed by atoms with Crippen LogP contribution in [0.25, 0.3) is 11.3 Å². The number of aromatic amines is 1. The molecule has 3 nitrogen and oxygen atoms in total. The quantitative estimate of drug-likeness (QED) is 0.818. The van der Waals surface area contributed by atoms with Gasteiger partial charge < -0.3 is 5.32 Å². The van der Waals surface area contributed by atoms with Crippen molar-refractivity contribution in [2.45, 2.75) is 32.7 Å². The molecule has 3 heteroatoms. The molecule has 0 aliphatic heterocycles. The number of benzene rings is 1. The molecule has 0 aliphatic rings. The first-order chi connectivity index (χ1) is 8.86. The van der Waals surface area contributed by atoms with E-state index in [1.807, 2.05) is 13.1 Å². The van der Waals surface area contributed by atoms with Gasteiger partial charge in [0.05, 0.1) is 11.4 Å². The molecule has 2 N–H and O–H groups in total. The van der Waals surface area contributed by atoms with Gasteiger partial charge in [0.25, 0.3) is 0 Å². The molecule has 0 aliphatic carbocycles. The molecule has 96 valence electrons. The Kier molecular flexibility index (Phi) is 4.53. The predicted molar refractivity (Wildman–Crippen MR) is 75.4 cm³/mol. The number of H-pyrrole nitrogens is 1. The first-order valence-electron chi connectivity index (χ1n) is 6.63. The number of hydrogen-bond donors (Lipinski definition) is 2. The summed E-state index contributed by atoms with van der Waals surface area (Å²) in [6, 6.07) is 10.4. The highest BCUT2D eigenvalue weighted by atomic mass is 15.1. The van der Waals surface area contributed by atoms with E-state index >= 15 is 0 Å². The van der Waals surface area contributed by atoms with Crippen LogP contribution in [-0.4, -0.2) is 17.2 Å². The lowest BCUT2D eigenvalue weighted by atomic mass is 10.0.